The molecule has 0 saturated carbocycles. The molecule has 29 heavy (non-hydrogen) atoms. The summed E-state index contributed by atoms with van der Waals surface area (Å²) in [4.78, 5) is 25.9. The van der Waals surface area contributed by atoms with Crippen molar-refractivity contribution in [2.24, 2.45) is 0 Å². The summed E-state index contributed by atoms with van der Waals surface area (Å²) in [6, 6.07) is 17.6. The van der Waals surface area contributed by atoms with Crippen LogP contribution in [0.1, 0.15) is 37.3 Å². The first-order valence-corrected chi connectivity index (χ1v) is 10.0. The molecule has 1 amide bonds. The lowest BCUT2D eigenvalue weighted by Gasteiger charge is -2.33. The first-order valence-electron chi connectivity index (χ1n) is 10.0. The van der Waals surface area contributed by atoms with Gasteiger partial charge in [-0.2, -0.15) is 0 Å². The van der Waals surface area contributed by atoms with E-state index in [4.69, 9.17) is 9.47 Å². The molecule has 1 fully saturated rings. The van der Waals surface area contributed by atoms with Crippen molar-refractivity contribution in [2.45, 2.75) is 38.8 Å². The van der Waals surface area contributed by atoms with Crippen LogP contribution < -0.4 is 4.74 Å². The number of carbonyl (C=O) groups is 2. The van der Waals surface area contributed by atoms with Gasteiger partial charge in [0.2, 0.25) is 0 Å². The molecule has 0 radical (unpaired) electrons. The molecule has 0 aromatic heterocycles. The van der Waals surface area contributed by atoms with Crippen molar-refractivity contribution in [1.82, 2.24) is 4.90 Å². The minimum absolute atomic E-state index is 0.126. The maximum atomic E-state index is 12.2. The van der Waals surface area contributed by atoms with E-state index in [1.54, 1.807) is 11.0 Å². The number of amides is 1. The zero-order valence-electron chi connectivity index (χ0n) is 16.8. The van der Waals surface area contributed by atoms with Crippen LogP contribution in [-0.2, 0) is 20.9 Å². The average molecular weight is 393 g/mol. The Labute approximate surface area is 171 Å². The molecule has 0 spiro atoms. The Balaban J connectivity index is 1.43. The van der Waals surface area contributed by atoms with Crippen molar-refractivity contribution in [3.8, 4) is 5.75 Å². The number of benzene rings is 2. The molecule has 1 heterocycles. The smallest absolute Gasteiger partial charge is 0.331 e. The van der Waals surface area contributed by atoms with Crippen LogP contribution in [0.3, 0.4) is 0 Å². The van der Waals surface area contributed by atoms with Crippen LogP contribution in [0.4, 0.5) is 0 Å². The van der Waals surface area contributed by atoms with E-state index in [1.165, 1.54) is 6.08 Å². The highest BCUT2D eigenvalue weighted by Crippen LogP contribution is 2.17. The molecule has 5 nitrogen and oxygen atoms in total. The minimum Gasteiger partial charge on any atom is -0.489 e. The maximum Gasteiger partial charge on any atom is 0.331 e. The number of rotatable bonds is 7. The number of piperidine rings is 1. The summed E-state index contributed by atoms with van der Waals surface area (Å²) in [6.07, 6.45) is 6.16. The van der Waals surface area contributed by atoms with Crippen LogP contribution in [-0.4, -0.2) is 36.0 Å². The molecule has 3 rings (SSSR count). The number of carbonyl (C=O) groups excluding carboxylic acids is 2. The number of ether oxygens (including phenoxy) is 2. The van der Waals surface area contributed by atoms with Gasteiger partial charge >= 0.3 is 5.97 Å². The lowest BCUT2D eigenvalue weighted by molar-refractivity contribution is -0.149. The van der Waals surface area contributed by atoms with Gasteiger partial charge in [-0.25, -0.2) is 4.79 Å². The molecule has 1 aliphatic heterocycles. The third kappa shape index (κ3) is 6.49. The zero-order chi connectivity index (χ0) is 20.5. The van der Waals surface area contributed by atoms with Gasteiger partial charge in [0, 0.05) is 18.7 Å². The fourth-order valence-corrected chi connectivity index (χ4v) is 3.31. The largest absolute Gasteiger partial charge is 0.489 e. The van der Waals surface area contributed by atoms with Crippen molar-refractivity contribution in [2.75, 3.05) is 13.2 Å². The van der Waals surface area contributed by atoms with Crippen LogP contribution >= 0.6 is 0 Å². The SMILES string of the molecule is CC1CCCCN1C(=O)COC(=O)/C=C/c1ccc(OCc2ccccc2)cc1. The van der Waals surface area contributed by atoms with Crippen LogP contribution in [0, 0.1) is 0 Å². The second kappa shape index (κ2) is 10.5. The highest BCUT2D eigenvalue weighted by atomic mass is 16.5. The minimum atomic E-state index is -0.521. The summed E-state index contributed by atoms with van der Waals surface area (Å²) in [7, 11) is 0. The molecule has 2 aromatic carbocycles. The average Bonchev–Trinajstić information content (AvgIpc) is 2.76. The van der Waals surface area contributed by atoms with E-state index in [0.717, 1.165) is 42.7 Å². The van der Waals surface area contributed by atoms with Gasteiger partial charge in [0.05, 0.1) is 0 Å². The summed E-state index contributed by atoms with van der Waals surface area (Å²) in [6.45, 7) is 3.07. The van der Waals surface area contributed by atoms with Crippen molar-refractivity contribution >= 4 is 18.0 Å². The van der Waals surface area contributed by atoms with Crippen molar-refractivity contribution in [1.29, 1.82) is 0 Å². The van der Waals surface area contributed by atoms with Gasteiger partial charge in [0.15, 0.2) is 6.61 Å². The van der Waals surface area contributed by atoms with Crippen molar-refractivity contribution < 1.29 is 19.1 Å². The van der Waals surface area contributed by atoms with Crippen molar-refractivity contribution in [3.05, 3.63) is 71.8 Å². The summed E-state index contributed by atoms with van der Waals surface area (Å²) < 4.78 is 10.8. The van der Waals surface area contributed by atoms with E-state index in [9.17, 15) is 9.59 Å². The predicted molar refractivity (Wildman–Crippen MR) is 112 cm³/mol. The van der Waals surface area contributed by atoms with Crippen LogP contribution in [0.5, 0.6) is 5.75 Å². The second-order valence-electron chi connectivity index (χ2n) is 7.22. The standard InChI is InChI=1S/C24H27NO4/c1-19-7-5-6-16-25(19)23(26)18-29-24(27)15-12-20-10-13-22(14-11-20)28-17-21-8-3-2-4-9-21/h2-4,8-15,19H,5-7,16-18H2,1H3/b15-12+. The summed E-state index contributed by atoms with van der Waals surface area (Å²) >= 11 is 0. The van der Waals surface area contributed by atoms with Gasteiger partial charge in [-0.15, -0.1) is 0 Å². The molecule has 1 aliphatic rings. The Hall–Kier alpha value is -3.08. The maximum absolute atomic E-state index is 12.2. The van der Waals surface area contributed by atoms with Gasteiger partial charge in [-0.1, -0.05) is 42.5 Å². The van der Waals surface area contributed by atoms with Gasteiger partial charge in [-0.3, -0.25) is 4.79 Å². The lowest BCUT2D eigenvalue weighted by atomic mass is 10.0. The molecule has 0 aliphatic carbocycles. The lowest BCUT2D eigenvalue weighted by Crippen LogP contribution is -2.44. The first-order chi connectivity index (χ1) is 14.1. The molecule has 2 aromatic rings. The number of hydrogen-bond donors (Lipinski definition) is 0. The quantitative estimate of drug-likeness (QED) is 0.522. The Morgan fingerprint density at radius 1 is 1.07 bits per heavy atom. The van der Waals surface area contributed by atoms with Crippen LogP contribution in [0.25, 0.3) is 6.08 Å². The fourth-order valence-electron chi connectivity index (χ4n) is 3.31. The number of hydrogen-bond acceptors (Lipinski definition) is 4. The third-order valence-electron chi connectivity index (χ3n) is 5.00. The molecule has 0 N–H and O–H groups in total. The normalized spacial score (nSPS) is 16.6. The Morgan fingerprint density at radius 2 is 1.83 bits per heavy atom. The van der Waals surface area contributed by atoms with E-state index >= 15 is 0 Å². The van der Waals surface area contributed by atoms with Gasteiger partial charge < -0.3 is 14.4 Å². The van der Waals surface area contributed by atoms with E-state index < -0.39 is 5.97 Å². The Kier molecular flexibility index (Phi) is 7.45. The number of esters is 1. The highest BCUT2D eigenvalue weighted by Gasteiger charge is 2.23. The Morgan fingerprint density at radius 3 is 2.55 bits per heavy atom. The molecular formula is C24H27NO4. The summed E-state index contributed by atoms with van der Waals surface area (Å²) in [5.74, 6) is 0.112. The van der Waals surface area contributed by atoms with E-state index in [-0.39, 0.29) is 18.6 Å². The highest BCUT2D eigenvalue weighted by molar-refractivity contribution is 5.89. The molecule has 1 saturated heterocycles. The van der Waals surface area contributed by atoms with E-state index in [2.05, 4.69) is 0 Å². The molecule has 0 bridgehead atoms. The Bertz CT molecular complexity index is 830. The predicted octanol–water partition coefficient (Wildman–Crippen LogP) is 4.22. The molecule has 152 valence electrons. The number of nitrogens with zero attached hydrogens (tertiary/aromatic N) is 1. The fraction of sp³-hybridized carbons (Fsp3) is 0.333. The first kappa shape index (κ1) is 20.6. The second-order valence-corrected chi connectivity index (χ2v) is 7.22. The third-order valence-corrected chi connectivity index (χ3v) is 5.00. The van der Waals surface area contributed by atoms with Gasteiger partial charge in [0.1, 0.15) is 12.4 Å². The summed E-state index contributed by atoms with van der Waals surface area (Å²) in [5.41, 5.74) is 1.96. The monoisotopic (exact) mass is 393 g/mol. The topological polar surface area (TPSA) is 55.8 Å². The van der Waals surface area contributed by atoms with E-state index in [0.29, 0.717) is 6.61 Å². The van der Waals surface area contributed by atoms with Gasteiger partial charge in [0.25, 0.3) is 5.91 Å². The van der Waals surface area contributed by atoms with E-state index in [1.807, 2.05) is 61.5 Å². The molecule has 1 atom stereocenters. The van der Waals surface area contributed by atoms with Crippen molar-refractivity contribution in [3.63, 3.8) is 0 Å². The summed E-state index contributed by atoms with van der Waals surface area (Å²) in [5, 5.41) is 0. The molecule has 1 unspecified atom stereocenters. The van der Waals surface area contributed by atoms with Crippen LogP contribution in [0.2, 0.25) is 0 Å². The zero-order valence-corrected chi connectivity index (χ0v) is 16.8. The number of likely N-dealkylation sites (tertiary alicyclic amines) is 1. The van der Waals surface area contributed by atoms with Crippen LogP contribution in [0.15, 0.2) is 60.7 Å². The van der Waals surface area contributed by atoms with Gasteiger partial charge in [-0.05, 0) is 55.5 Å². The molecule has 5 heteroatoms. The molecular weight excluding hydrogens is 366 g/mol.